The SMILES string of the molecule is CCNCc1cnccc1OC1CCOCC1. The quantitative estimate of drug-likeness (QED) is 0.846. The Morgan fingerprint density at radius 3 is 3.06 bits per heavy atom. The number of ether oxygens (including phenoxy) is 2. The molecule has 1 aromatic rings. The van der Waals surface area contributed by atoms with Crippen LogP contribution in [0.5, 0.6) is 5.75 Å². The monoisotopic (exact) mass is 236 g/mol. The Morgan fingerprint density at radius 2 is 2.29 bits per heavy atom. The van der Waals surface area contributed by atoms with E-state index >= 15 is 0 Å². The van der Waals surface area contributed by atoms with Gasteiger partial charge < -0.3 is 14.8 Å². The fourth-order valence-corrected chi connectivity index (χ4v) is 1.90. The van der Waals surface area contributed by atoms with Crippen LogP contribution in [0.3, 0.4) is 0 Å². The zero-order valence-corrected chi connectivity index (χ0v) is 10.3. The first-order valence-electron chi connectivity index (χ1n) is 6.28. The highest BCUT2D eigenvalue weighted by Gasteiger charge is 2.16. The van der Waals surface area contributed by atoms with E-state index in [0.29, 0.717) is 0 Å². The molecule has 1 fully saturated rings. The molecule has 94 valence electrons. The minimum Gasteiger partial charge on any atom is -0.490 e. The summed E-state index contributed by atoms with van der Waals surface area (Å²) in [6.45, 7) is 5.46. The third kappa shape index (κ3) is 3.68. The van der Waals surface area contributed by atoms with Crippen molar-refractivity contribution in [1.82, 2.24) is 10.3 Å². The van der Waals surface area contributed by atoms with Crippen LogP contribution in [0.15, 0.2) is 18.5 Å². The topological polar surface area (TPSA) is 43.4 Å². The summed E-state index contributed by atoms with van der Waals surface area (Å²) in [7, 11) is 0. The summed E-state index contributed by atoms with van der Waals surface area (Å²) >= 11 is 0. The summed E-state index contributed by atoms with van der Waals surface area (Å²) < 4.78 is 11.4. The molecule has 2 rings (SSSR count). The van der Waals surface area contributed by atoms with Gasteiger partial charge in [0, 0.05) is 37.3 Å². The molecule has 0 amide bonds. The molecule has 0 spiro atoms. The van der Waals surface area contributed by atoms with Crippen LogP contribution in [-0.4, -0.2) is 30.8 Å². The molecule has 2 heterocycles. The molecule has 0 saturated carbocycles. The fraction of sp³-hybridized carbons (Fsp3) is 0.615. The van der Waals surface area contributed by atoms with Crippen molar-refractivity contribution < 1.29 is 9.47 Å². The normalized spacial score (nSPS) is 17.0. The molecule has 0 aliphatic carbocycles. The first kappa shape index (κ1) is 12.3. The number of rotatable bonds is 5. The molecule has 1 aromatic heterocycles. The van der Waals surface area contributed by atoms with E-state index in [9.17, 15) is 0 Å². The van der Waals surface area contributed by atoms with Crippen LogP contribution in [0.2, 0.25) is 0 Å². The third-order valence-corrected chi connectivity index (χ3v) is 2.89. The van der Waals surface area contributed by atoms with Crippen LogP contribution < -0.4 is 10.1 Å². The fourth-order valence-electron chi connectivity index (χ4n) is 1.90. The van der Waals surface area contributed by atoms with E-state index < -0.39 is 0 Å². The largest absolute Gasteiger partial charge is 0.490 e. The smallest absolute Gasteiger partial charge is 0.127 e. The van der Waals surface area contributed by atoms with E-state index in [4.69, 9.17) is 9.47 Å². The van der Waals surface area contributed by atoms with Gasteiger partial charge in [-0.3, -0.25) is 4.98 Å². The van der Waals surface area contributed by atoms with Crippen LogP contribution in [-0.2, 0) is 11.3 Å². The first-order valence-corrected chi connectivity index (χ1v) is 6.28. The van der Waals surface area contributed by atoms with Gasteiger partial charge in [0.25, 0.3) is 0 Å². The summed E-state index contributed by atoms with van der Waals surface area (Å²) in [5.41, 5.74) is 1.13. The lowest BCUT2D eigenvalue weighted by atomic mass is 10.1. The number of hydrogen-bond acceptors (Lipinski definition) is 4. The second-order valence-electron chi connectivity index (χ2n) is 4.19. The number of nitrogens with one attached hydrogen (secondary N) is 1. The Hall–Kier alpha value is -1.13. The van der Waals surface area contributed by atoms with Gasteiger partial charge in [-0.25, -0.2) is 0 Å². The number of hydrogen-bond donors (Lipinski definition) is 1. The molecule has 0 bridgehead atoms. The Bertz CT molecular complexity index is 338. The van der Waals surface area contributed by atoms with Crippen molar-refractivity contribution in [1.29, 1.82) is 0 Å². The lowest BCUT2D eigenvalue weighted by Crippen LogP contribution is -2.26. The van der Waals surface area contributed by atoms with Gasteiger partial charge in [-0.2, -0.15) is 0 Å². The Kier molecular flexibility index (Phi) is 4.76. The van der Waals surface area contributed by atoms with Gasteiger partial charge in [-0.05, 0) is 12.6 Å². The summed E-state index contributed by atoms with van der Waals surface area (Å²) in [5.74, 6) is 0.952. The van der Waals surface area contributed by atoms with Crippen molar-refractivity contribution >= 4 is 0 Å². The predicted octanol–water partition coefficient (Wildman–Crippen LogP) is 1.75. The van der Waals surface area contributed by atoms with Crippen LogP contribution in [0.4, 0.5) is 0 Å². The van der Waals surface area contributed by atoms with Gasteiger partial charge in [0.05, 0.1) is 13.2 Å². The molecule has 4 nitrogen and oxygen atoms in total. The molecule has 0 aromatic carbocycles. The molecule has 1 aliphatic heterocycles. The van der Waals surface area contributed by atoms with Gasteiger partial charge in [0.15, 0.2) is 0 Å². The van der Waals surface area contributed by atoms with Crippen LogP contribution in [0.25, 0.3) is 0 Å². The number of aromatic nitrogens is 1. The van der Waals surface area contributed by atoms with Crippen molar-refractivity contribution in [2.24, 2.45) is 0 Å². The van der Waals surface area contributed by atoms with Gasteiger partial charge in [0.2, 0.25) is 0 Å². The van der Waals surface area contributed by atoms with Crippen molar-refractivity contribution in [3.8, 4) is 5.75 Å². The molecule has 0 atom stereocenters. The molecule has 4 heteroatoms. The molecule has 0 radical (unpaired) electrons. The second-order valence-corrected chi connectivity index (χ2v) is 4.19. The van der Waals surface area contributed by atoms with E-state index in [2.05, 4.69) is 17.2 Å². The standard InChI is InChI=1S/C13H20N2O2/c1-2-14-9-11-10-15-6-3-13(11)17-12-4-7-16-8-5-12/h3,6,10,12,14H,2,4-5,7-9H2,1H3. The second kappa shape index (κ2) is 6.57. The maximum absolute atomic E-state index is 6.02. The summed E-state index contributed by atoms with van der Waals surface area (Å²) in [4.78, 5) is 4.15. The van der Waals surface area contributed by atoms with E-state index in [0.717, 1.165) is 50.5 Å². The third-order valence-electron chi connectivity index (χ3n) is 2.89. The zero-order valence-electron chi connectivity index (χ0n) is 10.3. The molecule has 1 aliphatic rings. The lowest BCUT2D eigenvalue weighted by Gasteiger charge is -2.24. The molecule has 17 heavy (non-hydrogen) atoms. The number of pyridine rings is 1. The first-order chi connectivity index (χ1) is 8.40. The zero-order chi connectivity index (χ0) is 11.9. The highest BCUT2D eigenvalue weighted by atomic mass is 16.5. The highest BCUT2D eigenvalue weighted by molar-refractivity contribution is 5.30. The van der Waals surface area contributed by atoms with Crippen LogP contribution in [0.1, 0.15) is 25.3 Å². The summed E-state index contributed by atoms with van der Waals surface area (Å²) in [6, 6.07) is 1.95. The van der Waals surface area contributed by atoms with E-state index in [1.807, 2.05) is 12.3 Å². The molecular weight excluding hydrogens is 216 g/mol. The number of nitrogens with zero attached hydrogens (tertiary/aromatic N) is 1. The average molecular weight is 236 g/mol. The Labute approximate surface area is 102 Å². The van der Waals surface area contributed by atoms with Gasteiger partial charge in [-0.1, -0.05) is 6.92 Å². The van der Waals surface area contributed by atoms with E-state index in [-0.39, 0.29) is 6.10 Å². The average Bonchev–Trinajstić information content (AvgIpc) is 2.39. The Morgan fingerprint density at radius 1 is 1.47 bits per heavy atom. The molecule has 1 N–H and O–H groups in total. The van der Waals surface area contributed by atoms with E-state index in [1.54, 1.807) is 6.20 Å². The van der Waals surface area contributed by atoms with Gasteiger partial charge >= 0.3 is 0 Å². The molecule has 0 unspecified atom stereocenters. The minimum atomic E-state index is 0.284. The maximum atomic E-state index is 6.02. The Balaban J connectivity index is 1.98. The van der Waals surface area contributed by atoms with Crippen molar-refractivity contribution in [2.75, 3.05) is 19.8 Å². The molecule has 1 saturated heterocycles. The van der Waals surface area contributed by atoms with Crippen LogP contribution >= 0.6 is 0 Å². The minimum absolute atomic E-state index is 0.284. The summed E-state index contributed by atoms with van der Waals surface area (Å²) in [5, 5.41) is 3.30. The van der Waals surface area contributed by atoms with Crippen molar-refractivity contribution in [2.45, 2.75) is 32.4 Å². The van der Waals surface area contributed by atoms with Crippen LogP contribution in [0, 0.1) is 0 Å². The highest BCUT2D eigenvalue weighted by Crippen LogP contribution is 2.21. The van der Waals surface area contributed by atoms with E-state index in [1.165, 1.54) is 0 Å². The van der Waals surface area contributed by atoms with Gasteiger partial charge in [-0.15, -0.1) is 0 Å². The summed E-state index contributed by atoms with van der Waals surface area (Å²) in [6.07, 6.45) is 5.89. The molecular formula is C13H20N2O2. The van der Waals surface area contributed by atoms with Crippen molar-refractivity contribution in [3.63, 3.8) is 0 Å². The predicted molar refractivity (Wildman–Crippen MR) is 66.1 cm³/mol. The maximum Gasteiger partial charge on any atom is 0.127 e. The van der Waals surface area contributed by atoms with Gasteiger partial charge in [0.1, 0.15) is 11.9 Å². The van der Waals surface area contributed by atoms with Crippen molar-refractivity contribution in [3.05, 3.63) is 24.0 Å². The lowest BCUT2D eigenvalue weighted by molar-refractivity contribution is 0.0251.